The van der Waals surface area contributed by atoms with Crippen LogP contribution in [0, 0.1) is 24.0 Å². The molecule has 0 aliphatic heterocycles. The van der Waals surface area contributed by atoms with E-state index in [1.807, 2.05) is 26.0 Å². The number of halogens is 1. The first-order chi connectivity index (χ1) is 9.90. The lowest BCUT2D eigenvalue weighted by Gasteiger charge is -2.10. The number of nitrogens with zero attached hydrogens (tertiary/aromatic N) is 1. The molecule has 6 heteroatoms. The van der Waals surface area contributed by atoms with Crippen molar-refractivity contribution in [3.05, 3.63) is 67.7 Å². The molecule has 0 unspecified atom stereocenters. The molecular formula is C15H13BrN2O3. The number of carbonyl (C=O) groups is 1. The minimum atomic E-state index is -0.563. The smallest absolute Gasteiger partial charge is 0.282 e. The number of nitrogens with one attached hydrogen (secondary N) is 1. The molecule has 108 valence electrons. The molecule has 0 radical (unpaired) electrons. The van der Waals surface area contributed by atoms with Crippen LogP contribution in [0.3, 0.4) is 0 Å². The summed E-state index contributed by atoms with van der Waals surface area (Å²) in [5, 5.41) is 13.6. The van der Waals surface area contributed by atoms with E-state index in [0.717, 1.165) is 15.6 Å². The Morgan fingerprint density at radius 3 is 2.33 bits per heavy atom. The van der Waals surface area contributed by atoms with Gasteiger partial charge in [0, 0.05) is 16.2 Å². The van der Waals surface area contributed by atoms with Gasteiger partial charge in [-0.1, -0.05) is 28.1 Å². The van der Waals surface area contributed by atoms with Crippen molar-refractivity contribution in [3.8, 4) is 0 Å². The highest BCUT2D eigenvalue weighted by molar-refractivity contribution is 9.10. The highest BCUT2D eigenvalue weighted by Crippen LogP contribution is 2.26. The van der Waals surface area contributed by atoms with Gasteiger partial charge in [-0.3, -0.25) is 14.9 Å². The Morgan fingerprint density at radius 2 is 1.76 bits per heavy atom. The second-order valence-electron chi connectivity index (χ2n) is 4.65. The van der Waals surface area contributed by atoms with Gasteiger partial charge >= 0.3 is 0 Å². The molecule has 2 aromatic rings. The summed E-state index contributed by atoms with van der Waals surface area (Å²) < 4.78 is 0.978. The van der Waals surface area contributed by atoms with Crippen molar-refractivity contribution in [1.29, 1.82) is 0 Å². The third kappa shape index (κ3) is 3.28. The molecular weight excluding hydrogens is 336 g/mol. The van der Waals surface area contributed by atoms with Crippen LogP contribution in [0.15, 0.2) is 40.9 Å². The molecule has 0 aromatic heterocycles. The zero-order chi connectivity index (χ0) is 15.6. The molecule has 0 atom stereocenters. The lowest BCUT2D eigenvalue weighted by molar-refractivity contribution is -0.385. The van der Waals surface area contributed by atoms with E-state index in [2.05, 4.69) is 21.2 Å². The number of hydrogen-bond acceptors (Lipinski definition) is 3. The quantitative estimate of drug-likeness (QED) is 0.666. The van der Waals surface area contributed by atoms with E-state index >= 15 is 0 Å². The summed E-state index contributed by atoms with van der Waals surface area (Å²) in [4.78, 5) is 22.6. The Bertz CT molecular complexity index is 706. The monoisotopic (exact) mass is 348 g/mol. The molecule has 0 aliphatic carbocycles. The van der Waals surface area contributed by atoms with Crippen LogP contribution >= 0.6 is 15.9 Å². The molecule has 2 rings (SSSR count). The zero-order valence-corrected chi connectivity index (χ0v) is 13.1. The number of carbonyl (C=O) groups excluding carboxylic acids is 1. The van der Waals surface area contributed by atoms with E-state index < -0.39 is 10.8 Å². The number of nitro groups is 1. The van der Waals surface area contributed by atoms with Gasteiger partial charge in [-0.15, -0.1) is 0 Å². The van der Waals surface area contributed by atoms with E-state index in [4.69, 9.17) is 0 Å². The highest BCUT2D eigenvalue weighted by Gasteiger charge is 2.19. The summed E-state index contributed by atoms with van der Waals surface area (Å²) in [5.41, 5.74) is 2.40. The first kappa shape index (κ1) is 15.2. The van der Waals surface area contributed by atoms with E-state index in [1.54, 1.807) is 6.07 Å². The first-order valence-corrected chi connectivity index (χ1v) is 7.01. The molecule has 0 saturated heterocycles. The van der Waals surface area contributed by atoms with Gasteiger partial charge in [0.15, 0.2) is 0 Å². The maximum atomic E-state index is 12.2. The summed E-state index contributed by atoms with van der Waals surface area (Å²) in [6, 6.07) is 9.50. The molecule has 21 heavy (non-hydrogen) atoms. The van der Waals surface area contributed by atoms with E-state index in [0.29, 0.717) is 5.69 Å². The number of amides is 1. The van der Waals surface area contributed by atoms with Crippen LogP contribution in [0.5, 0.6) is 0 Å². The minimum absolute atomic E-state index is 0.0423. The molecule has 0 bridgehead atoms. The van der Waals surface area contributed by atoms with Crippen molar-refractivity contribution in [2.45, 2.75) is 13.8 Å². The summed E-state index contributed by atoms with van der Waals surface area (Å²) in [6.07, 6.45) is 0. The average Bonchev–Trinajstić information content (AvgIpc) is 2.44. The average molecular weight is 349 g/mol. The maximum Gasteiger partial charge on any atom is 0.282 e. The number of para-hydroxylation sites is 1. The fourth-order valence-corrected chi connectivity index (χ4v) is 2.27. The fraction of sp³-hybridized carbons (Fsp3) is 0.133. The van der Waals surface area contributed by atoms with Crippen LogP contribution in [-0.2, 0) is 0 Å². The third-order valence-corrected chi connectivity index (χ3v) is 4.29. The van der Waals surface area contributed by atoms with Crippen LogP contribution in [0.2, 0.25) is 0 Å². The van der Waals surface area contributed by atoms with E-state index in [1.165, 1.54) is 18.2 Å². The Labute approximate surface area is 130 Å². The predicted octanol–water partition coefficient (Wildman–Crippen LogP) is 4.23. The SMILES string of the molecule is Cc1cc(NC(=O)c2ccccc2[N+](=O)[O-])cc(C)c1Br. The van der Waals surface area contributed by atoms with Gasteiger partial charge in [-0.2, -0.15) is 0 Å². The largest absolute Gasteiger partial charge is 0.322 e. The topological polar surface area (TPSA) is 72.2 Å². The van der Waals surface area contributed by atoms with Crippen LogP contribution in [-0.4, -0.2) is 10.8 Å². The van der Waals surface area contributed by atoms with Crippen molar-refractivity contribution in [3.63, 3.8) is 0 Å². The molecule has 0 aliphatic rings. The first-order valence-electron chi connectivity index (χ1n) is 6.21. The summed E-state index contributed by atoms with van der Waals surface area (Å²) in [5.74, 6) is -0.497. The maximum absolute atomic E-state index is 12.2. The van der Waals surface area contributed by atoms with Gasteiger partial charge in [0.25, 0.3) is 11.6 Å². The normalized spacial score (nSPS) is 10.2. The molecule has 1 amide bonds. The number of rotatable bonds is 3. The second-order valence-corrected chi connectivity index (χ2v) is 5.45. The van der Waals surface area contributed by atoms with Gasteiger partial charge in [0.1, 0.15) is 5.56 Å². The van der Waals surface area contributed by atoms with Crippen molar-refractivity contribution in [1.82, 2.24) is 0 Å². The Kier molecular flexibility index (Phi) is 4.37. The highest BCUT2D eigenvalue weighted by atomic mass is 79.9. The fourth-order valence-electron chi connectivity index (χ4n) is 2.04. The molecule has 5 nitrogen and oxygen atoms in total. The Hall–Kier alpha value is -2.21. The van der Waals surface area contributed by atoms with Gasteiger partial charge in [0.05, 0.1) is 4.92 Å². The third-order valence-electron chi connectivity index (χ3n) is 3.04. The van der Waals surface area contributed by atoms with E-state index in [-0.39, 0.29) is 11.3 Å². The Balaban J connectivity index is 2.33. The van der Waals surface area contributed by atoms with E-state index in [9.17, 15) is 14.9 Å². The number of anilines is 1. The molecule has 0 fully saturated rings. The van der Waals surface area contributed by atoms with Gasteiger partial charge in [-0.25, -0.2) is 0 Å². The molecule has 0 spiro atoms. The second kappa shape index (κ2) is 6.05. The standard InChI is InChI=1S/C15H13BrN2O3/c1-9-7-11(8-10(2)14(9)16)17-15(19)12-5-3-4-6-13(12)18(20)21/h3-8H,1-2H3,(H,17,19). The van der Waals surface area contributed by atoms with Gasteiger partial charge < -0.3 is 5.32 Å². The number of aryl methyl sites for hydroxylation is 2. The van der Waals surface area contributed by atoms with Crippen LogP contribution in [0.25, 0.3) is 0 Å². The molecule has 0 heterocycles. The number of benzene rings is 2. The number of hydrogen-bond donors (Lipinski definition) is 1. The summed E-state index contributed by atoms with van der Waals surface area (Å²) >= 11 is 3.45. The summed E-state index contributed by atoms with van der Waals surface area (Å²) in [6.45, 7) is 3.83. The van der Waals surface area contributed by atoms with Crippen LogP contribution < -0.4 is 5.32 Å². The number of nitro benzene ring substituents is 1. The van der Waals surface area contributed by atoms with Crippen molar-refractivity contribution in [2.24, 2.45) is 0 Å². The lowest BCUT2D eigenvalue weighted by atomic mass is 10.1. The minimum Gasteiger partial charge on any atom is -0.322 e. The molecule has 0 saturated carbocycles. The lowest BCUT2D eigenvalue weighted by Crippen LogP contribution is -2.14. The van der Waals surface area contributed by atoms with Crippen LogP contribution in [0.1, 0.15) is 21.5 Å². The Morgan fingerprint density at radius 1 is 1.19 bits per heavy atom. The van der Waals surface area contributed by atoms with Gasteiger partial charge in [-0.05, 0) is 43.2 Å². The molecule has 1 N–H and O–H groups in total. The van der Waals surface area contributed by atoms with Gasteiger partial charge in [0.2, 0.25) is 0 Å². The van der Waals surface area contributed by atoms with Crippen molar-refractivity contribution < 1.29 is 9.72 Å². The molecule has 2 aromatic carbocycles. The van der Waals surface area contributed by atoms with Crippen LogP contribution in [0.4, 0.5) is 11.4 Å². The van der Waals surface area contributed by atoms with Crippen molar-refractivity contribution in [2.75, 3.05) is 5.32 Å². The zero-order valence-electron chi connectivity index (χ0n) is 11.5. The summed E-state index contributed by atoms with van der Waals surface area (Å²) in [7, 11) is 0. The van der Waals surface area contributed by atoms with Crippen molar-refractivity contribution >= 4 is 33.2 Å². The predicted molar refractivity (Wildman–Crippen MR) is 84.7 cm³/mol.